The van der Waals surface area contributed by atoms with Crippen LogP contribution in [0.2, 0.25) is 5.02 Å². The summed E-state index contributed by atoms with van der Waals surface area (Å²) in [7, 11) is 0. The van der Waals surface area contributed by atoms with Crippen molar-refractivity contribution in [1.82, 2.24) is 4.90 Å². The maximum Gasteiger partial charge on any atom is 0.224 e. The molecule has 1 aliphatic heterocycles. The van der Waals surface area contributed by atoms with Gasteiger partial charge in [0.1, 0.15) is 0 Å². The van der Waals surface area contributed by atoms with Gasteiger partial charge >= 0.3 is 0 Å². The van der Waals surface area contributed by atoms with Gasteiger partial charge in [0.15, 0.2) is 5.78 Å². The lowest BCUT2D eigenvalue weighted by molar-refractivity contribution is -0.126. The van der Waals surface area contributed by atoms with E-state index in [2.05, 4.69) is 0 Å². The quantitative estimate of drug-likeness (QED) is 0.865. The summed E-state index contributed by atoms with van der Waals surface area (Å²) in [6, 6.07) is 6.65. The van der Waals surface area contributed by atoms with Crippen LogP contribution in [0.5, 0.6) is 0 Å². The average Bonchev–Trinajstić information content (AvgIpc) is 2.81. The van der Waals surface area contributed by atoms with Crippen molar-refractivity contribution < 1.29 is 9.59 Å². The van der Waals surface area contributed by atoms with Crippen molar-refractivity contribution in [3.63, 3.8) is 0 Å². The molecule has 0 aromatic heterocycles. The van der Waals surface area contributed by atoms with E-state index in [0.717, 1.165) is 0 Å². The molecular formula is C15H19ClN2O2. The number of hydrogen-bond donors (Lipinski definition) is 1. The van der Waals surface area contributed by atoms with E-state index in [1.807, 2.05) is 18.7 Å². The fourth-order valence-corrected chi connectivity index (χ4v) is 2.77. The Morgan fingerprint density at radius 1 is 1.45 bits per heavy atom. The second kappa shape index (κ2) is 5.54. The molecule has 20 heavy (non-hydrogen) atoms. The maximum atomic E-state index is 12.4. The Morgan fingerprint density at radius 2 is 2.15 bits per heavy atom. The van der Waals surface area contributed by atoms with Crippen LogP contribution in [0.1, 0.15) is 30.6 Å². The molecule has 1 aliphatic rings. The highest BCUT2D eigenvalue weighted by atomic mass is 35.5. The van der Waals surface area contributed by atoms with E-state index in [4.69, 9.17) is 17.3 Å². The molecule has 4 nitrogen and oxygen atoms in total. The molecule has 0 saturated carbocycles. The van der Waals surface area contributed by atoms with Gasteiger partial charge in [-0.15, -0.1) is 0 Å². The van der Waals surface area contributed by atoms with Crippen molar-refractivity contribution in [3.8, 4) is 0 Å². The Morgan fingerprint density at radius 3 is 2.70 bits per heavy atom. The second-order valence-corrected chi connectivity index (χ2v) is 6.13. The molecule has 2 unspecified atom stereocenters. The molecule has 108 valence electrons. The zero-order valence-corrected chi connectivity index (χ0v) is 12.5. The number of carbonyl (C=O) groups excluding carboxylic acids is 2. The van der Waals surface area contributed by atoms with Crippen molar-refractivity contribution in [3.05, 3.63) is 34.9 Å². The molecule has 0 spiro atoms. The van der Waals surface area contributed by atoms with Gasteiger partial charge < -0.3 is 5.73 Å². The van der Waals surface area contributed by atoms with Crippen molar-refractivity contribution in [2.45, 2.75) is 26.3 Å². The van der Waals surface area contributed by atoms with Crippen LogP contribution < -0.4 is 5.73 Å². The highest BCUT2D eigenvalue weighted by Gasteiger charge is 2.41. The molecular weight excluding hydrogens is 276 g/mol. The highest BCUT2D eigenvalue weighted by molar-refractivity contribution is 6.31. The molecule has 1 heterocycles. The van der Waals surface area contributed by atoms with Crippen LogP contribution in [0.3, 0.4) is 0 Å². The lowest BCUT2D eigenvalue weighted by Gasteiger charge is -2.25. The van der Waals surface area contributed by atoms with E-state index in [9.17, 15) is 9.59 Å². The fraction of sp³-hybridized carbons (Fsp3) is 0.467. The first-order chi connectivity index (χ1) is 9.33. The number of ketones is 1. The van der Waals surface area contributed by atoms with Crippen LogP contribution in [0.15, 0.2) is 24.3 Å². The summed E-state index contributed by atoms with van der Waals surface area (Å²) in [4.78, 5) is 25.9. The van der Waals surface area contributed by atoms with E-state index in [1.54, 1.807) is 24.3 Å². The van der Waals surface area contributed by atoms with Gasteiger partial charge in [-0.05, 0) is 38.9 Å². The number of carbonyl (C=O) groups is 2. The summed E-state index contributed by atoms with van der Waals surface area (Å²) in [5.41, 5.74) is 5.49. The minimum Gasteiger partial charge on any atom is -0.369 e. The van der Waals surface area contributed by atoms with Crippen LogP contribution in [0, 0.1) is 5.41 Å². The number of amides is 1. The van der Waals surface area contributed by atoms with Gasteiger partial charge in [0, 0.05) is 17.1 Å². The standard InChI is InChI=1S/C15H19ClN2O2/c1-10(13(19)11-4-3-5-12(16)8-11)18-7-6-15(2,9-18)14(17)20/h3-5,8,10H,6-7,9H2,1-2H3,(H2,17,20). The summed E-state index contributed by atoms with van der Waals surface area (Å²) in [5.74, 6) is -0.288. The number of rotatable bonds is 4. The largest absolute Gasteiger partial charge is 0.369 e. The molecule has 2 N–H and O–H groups in total. The van der Waals surface area contributed by atoms with Crippen molar-refractivity contribution in [1.29, 1.82) is 0 Å². The Balaban J connectivity index is 2.11. The van der Waals surface area contributed by atoms with Gasteiger partial charge in [0.25, 0.3) is 0 Å². The topological polar surface area (TPSA) is 63.4 Å². The molecule has 0 bridgehead atoms. The van der Waals surface area contributed by atoms with Gasteiger partial charge in [0.05, 0.1) is 11.5 Å². The van der Waals surface area contributed by atoms with E-state index in [-0.39, 0.29) is 17.7 Å². The van der Waals surface area contributed by atoms with Crippen LogP contribution in [0.4, 0.5) is 0 Å². The van der Waals surface area contributed by atoms with Crippen LogP contribution in [-0.4, -0.2) is 35.7 Å². The smallest absolute Gasteiger partial charge is 0.224 e. The summed E-state index contributed by atoms with van der Waals surface area (Å²) in [6.07, 6.45) is 0.690. The first-order valence-electron chi connectivity index (χ1n) is 6.67. The minimum atomic E-state index is -0.539. The molecule has 2 atom stereocenters. The van der Waals surface area contributed by atoms with E-state index in [1.165, 1.54) is 0 Å². The van der Waals surface area contributed by atoms with Crippen molar-refractivity contribution in [2.24, 2.45) is 11.1 Å². The number of Topliss-reactive ketones (excluding diaryl/α,β-unsaturated/α-hetero) is 1. The summed E-state index contributed by atoms with van der Waals surface area (Å²) in [6.45, 7) is 4.94. The molecule has 1 aromatic rings. The highest BCUT2D eigenvalue weighted by Crippen LogP contribution is 2.31. The van der Waals surface area contributed by atoms with Crippen molar-refractivity contribution >= 4 is 23.3 Å². The molecule has 1 fully saturated rings. The molecule has 1 aromatic carbocycles. The lowest BCUT2D eigenvalue weighted by atomic mass is 9.89. The van der Waals surface area contributed by atoms with E-state index in [0.29, 0.717) is 30.1 Å². The normalized spacial score (nSPS) is 24.6. The fourth-order valence-electron chi connectivity index (χ4n) is 2.58. The predicted octanol–water partition coefficient (Wildman–Crippen LogP) is 2.11. The number of primary amides is 1. The third kappa shape index (κ3) is 2.86. The number of halogens is 1. The maximum absolute atomic E-state index is 12.4. The number of hydrogen-bond acceptors (Lipinski definition) is 3. The second-order valence-electron chi connectivity index (χ2n) is 5.70. The summed E-state index contributed by atoms with van der Waals surface area (Å²) < 4.78 is 0. The third-order valence-corrected chi connectivity index (χ3v) is 4.37. The van der Waals surface area contributed by atoms with Crippen LogP contribution >= 0.6 is 11.6 Å². The van der Waals surface area contributed by atoms with Gasteiger partial charge in [-0.25, -0.2) is 0 Å². The van der Waals surface area contributed by atoms with E-state index < -0.39 is 5.41 Å². The zero-order chi connectivity index (χ0) is 14.9. The first-order valence-corrected chi connectivity index (χ1v) is 7.05. The van der Waals surface area contributed by atoms with Gasteiger partial charge in [-0.3, -0.25) is 14.5 Å². The Hall–Kier alpha value is -1.39. The molecule has 5 heteroatoms. The van der Waals surface area contributed by atoms with Crippen LogP contribution in [0.25, 0.3) is 0 Å². The Bertz CT molecular complexity index is 546. The zero-order valence-electron chi connectivity index (χ0n) is 11.7. The third-order valence-electron chi connectivity index (χ3n) is 4.13. The molecule has 0 radical (unpaired) electrons. The monoisotopic (exact) mass is 294 g/mol. The molecule has 1 amide bonds. The Labute approximate surface area is 123 Å². The number of nitrogens with zero attached hydrogens (tertiary/aromatic N) is 1. The number of nitrogens with two attached hydrogens (primary N) is 1. The first kappa shape index (κ1) is 15.0. The molecule has 1 saturated heterocycles. The molecule has 0 aliphatic carbocycles. The SMILES string of the molecule is CC(C(=O)c1cccc(Cl)c1)N1CCC(C)(C(N)=O)C1. The predicted molar refractivity (Wildman–Crippen MR) is 78.7 cm³/mol. The average molecular weight is 295 g/mol. The minimum absolute atomic E-state index is 0.0150. The van der Waals surface area contributed by atoms with Gasteiger partial charge in [-0.1, -0.05) is 23.7 Å². The number of benzene rings is 1. The van der Waals surface area contributed by atoms with Crippen molar-refractivity contribution in [2.75, 3.05) is 13.1 Å². The lowest BCUT2D eigenvalue weighted by Crippen LogP contribution is -2.42. The summed E-state index contributed by atoms with van der Waals surface area (Å²) >= 11 is 5.91. The summed E-state index contributed by atoms with van der Waals surface area (Å²) in [5, 5.41) is 0.548. The Kier molecular flexibility index (Phi) is 4.16. The number of likely N-dealkylation sites (tertiary alicyclic amines) is 1. The van der Waals surface area contributed by atoms with Gasteiger partial charge in [0.2, 0.25) is 5.91 Å². The van der Waals surface area contributed by atoms with E-state index >= 15 is 0 Å². The van der Waals surface area contributed by atoms with Gasteiger partial charge in [-0.2, -0.15) is 0 Å². The molecule has 2 rings (SSSR count). The van der Waals surface area contributed by atoms with Crippen LogP contribution in [-0.2, 0) is 4.79 Å².